The number of hydrogen-bond acceptors (Lipinski definition) is 3. The molecule has 4 heteroatoms. The standard InChI is InChI=1S/C17H26N2O2/c1-13(2)17(20)18-12-16(19-8-10-21-11-9-19)15-6-4-14(3)5-7-15/h4-7,13,16H,8-12H2,1-3H3,(H,18,20). The molecule has 1 aliphatic heterocycles. The molecule has 1 N–H and O–H groups in total. The Bertz CT molecular complexity index is 450. The van der Waals surface area contributed by atoms with E-state index in [1.807, 2.05) is 13.8 Å². The predicted molar refractivity (Wildman–Crippen MR) is 84.2 cm³/mol. The third-order valence-electron chi connectivity index (χ3n) is 3.94. The van der Waals surface area contributed by atoms with Gasteiger partial charge in [-0.15, -0.1) is 0 Å². The monoisotopic (exact) mass is 290 g/mol. The van der Waals surface area contributed by atoms with Crippen LogP contribution in [0.4, 0.5) is 0 Å². The molecular formula is C17H26N2O2. The van der Waals surface area contributed by atoms with Crippen LogP contribution in [0.3, 0.4) is 0 Å². The zero-order chi connectivity index (χ0) is 15.2. The molecule has 1 fully saturated rings. The van der Waals surface area contributed by atoms with Gasteiger partial charge in [0.05, 0.1) is 19.3 Å². The highest BCUT2D eigenvalue weighted by Crippen LogP contribution is 2.21. The number of carbonyl (C=O) groups excluding carboxylic acids is 1. The van der Waals surface area contributed by atoms with Crippen LogP contribution in [0.15, 0.2) is 24.3 Å². The van der Waals surface area contributed by atoms with Crippen molar-refractivity contribution in [3.63, 3.8) is 0 Å². The number of rotatable bonds is 5. The molecule has 0 aromatic heterocycles. The summed E-state index contributed by atoms with van der Waals surface area (Å²) in [4.78, 5) is 14.3. The molecule has 2 rings (SSSR count). The molecule has 116 valence electrons. The van der Waals surface area contributed by atoms with Crippen molar-refractivity contribution in [2.45, 2.75) is 26.8 Å². The van der Waals surface area contributed by atoms with E-state index in [2.05, 4.69) is 41.4 Å². The molecule has 4 nitrogen and oxygen atoms in total. The summed E-state index contributed by atoms with van der Waals surface area (Å²) in [6, 6.07) is 8.81. The van der Waals surface area contributed by atoms with Crippen molar-refractivity contribution in [2.24, 2.45) is 5.92 Å². The summed E-state index contributed by atoms with van der Waals surface area (Å²) in [5.41, 5.74) is 2.51. The first-order valence-electron chi connectivity index (χ1n) is 7.74. The van der Waals surface area contributed by atoms with Crippen molar-refractivity contribution in [1.29, 1.82) is 0 Å². The van der Waals surface area contributed by atoms with Crippen molar-refractivity contribution in [2.75, 3.05) is 32.8 Å². The molecule has 0 aliphatic carbocycles. The summed E-state index contributed by atoms with van der Waals surface area (Å²) in [6.07, 6.45) is 0. The van der Waals surface area contributed by atoms with Crippen LogP contribution in [-0.2, 0) is 9.53 Å². The van der Waals surface area contributed by atoms with Gasteiger partial charge in [-0.25, -0.2) is 0 Å². The zero-order valence-corrected chi connectivity index (χ0v) is 13.3. The van der Waals surface area contributed by atoms with Gasteiger partial charge < -0.3 is 10.1 Å². The average molecular weight is 290 g/mol. The van der Waals surface area contributed by atoms with Gasteiger partial charge in [-0.3, -0.25) is 9.69 Å². The summed E-state index contributed by atoms with van der Waals surface area (Å²) in [7, 11) is 0. The number of nitrogens with one attached hydrogen (secondary N) is 1. The van der Waals surface area contributed by atoms with Gasteiger partial charge in [0.1, 0.15) is 0 Å². The van der Waals surface area contributed by atoms with E-state index < -0.39 is 0 Å². The third-order valence-corrected chi connectivity index (χ3v) is 3.94. The van der Waals surface area contributed by atoms with Crippen LogP contribution in [0.2, 0.25) is 0 Å². The lowest BCUT2D eigenvalue weighted by atomic mass is 10.0. The number of carbonyl (C=O) groups is 1. The lowest BCUT2D eigenvalue weighted by Gasteiger charge is -2.35. The summed E-state index contributed by atoms with van der Waals surface area (Å²) >= 11 is 0. The van der Waals surface area contributed by atoms with E-state index in [4.69, 9.17) is 4.74 Å². The summed E-state index contributed by atoms with van der Waals surface area (Å²) in [5, 5.41) is 3.07. The SMILES string of the molecule is Cc1ccc(C(CNC(=O)C(C)C)N2CCOCC2)cc1. The maximum Gasteiger partial charge on any atom is 0.222 e. The molecule has 1 heterocycles. The van der Waals surface area contributed by atoms with Gasteiger partial charge in [0, 0.05) is 25.6 Å². The van der Waals surface area contributed by atoms with E-state index in [1.54, 1.807) is 0 Å². The fourth-order valence-corrected chi connectivity index (χ4v) is 2.54. The summed E-state index contributed by atoms with van der Waals surface area (Å²) < 4.78 is 5.44. The van der Waals surface area contributed by atoms with Crippen LogP contribution in [0, 0.1) is 12.8 Å². The van der Waals surface area contributed by atoms with Crippen molar-refractivity contribution in [1.82, 2.24) is 10.2 Å². The largest absolute Gasteiger partial charge is 0.379 e. The van der Waals surface area contributed by atoms with E-state index >= 15 is 0 Å². The number of hydrogen-bond donors (Lipinski definition) is 1. The number of benzene rings is 1. The first-order chi connectivity index (χ1) is 10.1. The number of morpholine rings is 1. The van der Waals surface area contributed by atoms with Gasteiger partial charge in [-0.05, 0) is 12.5 Å². The minimum absolute atomic E-state index is 0.0216. The number of ether oxygens (including phenoxy) is 1. The van der Waals surface area contributed by atoms with Crippen molar-refractivity contribution in [3.8, 4) is 0 Å². The molecule has 0 spiro atoms. The fraction of sp³-hybridized carbons (Fsp3) is 0.588. The van der Waals surface area contributed by atoms with Crippen molar-refractivity contribution in [3.05, 3.63) is 35.4 Å². The second-order valence-electron chi connectivity index (χ2n) is 5.97. The molecule has 1 aromatic carbocycles. The second-order valence-corrected chi connectivity index (χ2v) is 5.97. The lowest BCUT2D eigenvalue weighted by Crippen LogP contribution is -2.44. The van der Waals surface area contributed by atoms with Crippen molar-refractivity contribution >= 4 is 5.91 Å². The normalized spacial score (nSPS) is 17.7. The smallest absolute Gasteiger partial charge is 0.222 e. The van der Waals surface area contributed by atoms with E-state index in [0.717, 1.165) is 26.3 Å². The topological polar surface area (TPSA) is 41.6 Å². The van der Waals surface area contributed by atoms with Gasteiger partial charge >= 0.3 is 0 Å². The minimum atomic E-state index is 0.0216. The average Bonchev–Trinajstić information content (AvgIpc) is 2.50. The molecular weight excluding hydrogens is 264 g/mol. The predicted octanol–water partition coefficient (Wildman–Crippen LogP) is 2.14. The molecule has 21 heavy (non-hydrogen) atoms. The molecule has 1 aromatic rings. The first-order valence-corrected chi connectivity index (χ1v) is 7.74. The number of aryl methyl sites for hydroxylation is 1. The minimum Gasteiger partial charge on any atom is -0.379 e. The Morgan fingerprint density at radius 2 is 1.86 bits per heavy atom. The van der Waals surface area contributed by atoms with Crippen LogP contribution in [0.1, 0.15) is 31.0 Å². The van der Waals surface area contributed by atoms with Crippen LogP contribution < -0.4 is 5.32 Å². The van der Waals surface area contributed by atoms with Gasteiger partial charge in [-0.1, -0.05) is 43.7 Å². The number of nitrogens with zero attached hydrogens (tertiary/aromatic N) is 1. The quantitative estimate of drug-likeness (QED) is 0.903. The molecule has 1 unspecified atom stereocenters. The molecule has 1 atom stereocenters. The van der Waals surface area contributed by atoms with E-state index in [0.29, 0.717) is 6.54 Å². The van der Waals surface area contributed by atoms with Gasteiger partial charge in [0.2, 0.25) is 5.91 Å². The van der Waals surface area contributed by atoms with Gasteiger partial charge in [0.25, 0.3) is 0 Å². The van der Waals surface area contributed by atoms with Crippen LogP contribution in [-0.4, -0.2) is 43.7 Å². The first kappa shape index (κ1) is 16.0. The highest BCUT2D eigenvalue weighted by atomic mass is 16.5. The van der Waals surface area contributed by atoms with Crippen molar-refractivity contribution < 1.29 is 9.53 Å². The number of amides is 1. The van der Waals surface area contributed by atoms with Crippen LogP contribution in [0.25, 0.3) is 0 Å². The Labute approximate surface area is 127 Å². The highest BCUT2D eigenvalue weighted by molar-refractivity contribution is 5.77. The molecule has 0 bridgehead atoms. The molecule has 1 amide bonds. The molecule has 1 aliphatic rings. The summed E-state index contributed by atoms with van der Waals surface area (Å²) in [5.74, 6) is 0.133. The zero-order valence-electron chi connectivity index (χ0n) is 13.3. The maximum atomic E-state index is 11.9. The Morgan fingerprint density at radius 3 is 2.43 bits per heavy atom. The molecule has 0 saturated carbocycles. The van der Waals surface area contributed by atoms with E-state index in [9.17, 15) is 4.79 Å². The maximum absolute atomic E-state index is 11.9. The van der Waals surface area contributed by atoms with E-state index in [1.165, 1.54) is 11.1 Å². The van der Waals surface area contributed by atoms with Crippen LogP contribution >= 0.6 is 0 Å². The Hall–Kier alpha value is -1.39. The highest BCUT2D eigenvalue weighted by Gasteiger charge is 2.23. The Morgan fingerprint density at radius 1 is 1.24 bits per heavy atom. The van der Waals surface area contributed by atoms with Gasteiger partial charge in [-0.2, -0.15) is 0 Å². The Balaban J connectivity index is 2.09. The fourth-order valence-electron chi connectivity index (χ4n) is 2.54. The molecule has 0 radical (unpaired) electrons. The van der Waals surface area contributed by atoms with Gasteiger partial charge in [0.15, 0.2) is 0 Å². The summed E-state index contributed by atoms with van der Waals surface area (Å²) in [6.45, 7) is 9.94. The Kier molecular flexibility index (Phi) is 5.76. The molecule has 1 saturated heterocycles. The lowest BCUT2D eigenvalue weighted by molar-refractivity contribution is -0.124. The van der Waals surface area contributed by atoms with Crippen LogP contribution in [0.5, 0.6) is 0 Å². The third kappa shape index (κ3) is 4.55. The second kappa shape index (κ2) is 7.57. The van der Waals surface area contributed by atoms with E-state index in [-0.39, 0.29) is 17.9 Å².